The van der Waals surface area contributed by atoms with Gasteiger partial charge in [-0.15, -0.1) is 0 Å². The van der Waals surface area contributed by atoms with E-state index >= 15 is 0 Å². The van der Waals surface area contributed by atoms with E-state index in [0.717, 1.165) is 31.7 Å². The Bertz CT molecular complexity index is 265. The van der Waals surface area contributed by atoms with Crippen molar-refractivity contribution in [3.05, 3.63) is 29.6 Å². The van der Waals surface area contributed by atoms with Gasteiger partial charge in [0.2, 0.25) is 0 Å². The lowest BCUT2D eigenvalue weighted by Gasteiger charge is -2.19. The molecule has 0 saturated carbocycles. The summed E-state index contributed by atoms with van der Waals surface area (Å²) in [4.78, 5) is 6.58. The SMILES string of the molecule is CCCN(CCO)Cc1ccc(C)cn1. The van der Waals surface area contributed by atoms with Gasteiger partial charge in [-0.25, -0.2) is 0 Å². The molecule has 1 N–H and O–H groups in total. The number of pyridine rings is 1. The fourth-order valence-electron chi connectivity index (χ4n) is 1.55. The Morgan fingerprint density at radius 1 is 1.33 bits per heavy atom. The van der Waals surface area contributed by atoms with E-state index in [-0.39, 0.29) is 6.61 Å². The number of hydrogen-bond acceptors (Lipinski definition) is 3. The van der Waals surface area contributed by atoms with Gasteiger partial charge >= 0.3 is 0 Å². The van der Waals surface area contributed by atoms with Crippen LogP contribution in [-0.4, -0.2) is 34.7 Å². The maximum atomic E-state index is 8.92. The molecule has 0 atom stereocenters. The molecule has 3 heteroatoms. The topological polar surface area (TPSA) is 36.4 Å². The van der Waals surface area contributed by atoms with Gasteiger partial charge in [0.15, 0.2) is 0 Å². The molecule has 0 amide bonds. The molecule has 15 heavy (non-hydrogen) atoms. The third-order valence-corrected chi connectivity index (χ3v) is 2.31. The summed E-state index contributed by atoms with van der Waals surface area (Å²) in [7, 11) is 0. The van der Waals surface area contributed by atoms with Crippen molar-refractivity contribution >= 4 is 0 Å². The van der Waals surface area contributed by atoms with E-state index in [0.29, 0.717) is 0 Å². The van der Waals surface area contributed by atoms with Crippen molar-refractivity contribution in [2.75, 3.05) is 19.7 Å². The number of aromatic nitrogens is 1. The largest absolute Gasteiger partial charge is 0.395 e. The van der Waals surface area contributed by atoms with Crippen molar-refractivity contribution in [1.82, 2.24) is 9.88 Å². The second kappa shape index (κ2) is 6.53. The van der Waals surface area contributed by atoms with Crippen LogP contribution in [0.4, 0.5) is 0 Å². The molecule has 0 bridgehead atoms. The van der Waals surface area contributed by atoms with Gasteiger partial charge in [0.05, 0.1) is 12.3 Å². The average Bonchev–Trinajstić information content (AvgIpc) is 2.22. The van der Waals surface area contributed by atoms with Crippen LogP contribution in [0.15, 0.2) is 18.3 Å². The van der Waals surface area contributed by atoms with Crippen molar-refractivity contribution in [1.29, 1.82) is 0 Å². The zero-order valence-corrected chi connectivity index (χ0v) is 9.61. The van der Waals surface area contributed by atoms with Crippen molar-refractivity contribution < 1.29 is 5.11 Å². The summed E-state index contributed by atoms with van der Waals surface area (Å²) in [5.41, 5.74) is 2.26. The Kier molecular flexibility index (Phi) is 5.29. The van der Waals surface area contributed by atoms with Crippen LogP contribution in [0.25, 0.3) is 0 Å². The van der Waals surface area contributed by atoms with E-state index in [1.54, 1.807) is 0 Å². The summed E-state index contributed by atoms with van der Waals surface area (Å²) in [6.45, 7) is 6.96. The molecular weight excluding hydrogens is 188 g/mol. The van der Waals surface area contributed by atoms with Crippen molar-refractivity contribution in [2.45, 2.75) is 26.8 Å². The first-order chi connectivity index (χ1) is 7.26. The second-order valence-corrected chi connectivity index (χ2v) is 3.83. The quantitative estimate of drug-likeness (QED) is 0.771. The molecule has 0 spiro atoms. The minimum absolute atomic E-state index is 0.214. The fourth-order valence-corrected chi connectivity index (χ4v) is 1.55. The number of aryl methyl sites for hydroxylation is 1. The van der Waals surface area contributed by atoms with Crippen molar-refractivity contribution in [3.8, 4) is 0 Å². The van der Waals surface area contributed by atoms with Crippen LogP contribution in [0.5, 0.6) is 0 Å². The third-order valence-electron chi connectivity index (χ3n) is 2.31. The maximum absolute atomic E-state index is 8.92. The molecule has 0 aliphatic carbocycles. The molecule has 3 nitrogen and oxygen atoms in total. The number of hydrogen-bond donors (Lipinski definition) is 1. The van der Waals surface area contributed by atoms with Gasteiger partial charge in [-0.3, -0.25) is 9.88 Å². The van der Waals surface area contributed by atoms with Crippen LogP contribution in [-0.2, 0) is 6.54 Å². The van der Waals surface area contributed by atoms with Crippen LogP contribution < -0.4 is 0 Å². The molecule has 0 aliphatic rings. The number of nitrogens with zero attached hydrogens (tertiary/aromatic N) is 2. The van der Waals surface area contributed by atoms with Crippen LogP contribution in [0.1, 0.15) is 24.6 Å². The molecule has 1 aromatic heterocycles. The highest BCUT2D eigenvalue weighted by Gasteiger charge is 2.04. The van der Waals surface area contributed by atoms with Crippen LogP contribution in [0.3, 0.4) is 0 Å². The first kappa shape index (κ1) is 12.1. The fraction of sp³-hybridized carbons (Fsp3) is 0.583. The zero-order chi connectivity index (χ0) is 11.1. The summed E-state index contributed by atoms with van der Waals surface area (Å²) in [6.07, 6.45) is 2.99. The Balaban J connectivity index is 2.53. The molecule has 84 valence electrons. The second-order valence-electron chi connectivity index (χ2n) is 3.83. The van der Waals surface area contributed by atoms with Crippen LogP contribution in [0.2, 0.25) is 0 Å². The van der Waals surface area contributed by atoms with Crippen molar-refractivity contribution in [3.63, 3.8) is 0 Å². The Labute approximate surface area is 91.8 Å². The lowest BCUT2D eigenvalue weighted by molar-refractivity contribution is 0.189. The molecule has 1 aromatic rings. The molecule has 1 rings (SSSR count). The number of rotatable bonds is 6. The molecule has 0 aromatic carbocycles. The van der Waals surface area contributed by atoms with Gasteiger partial charge in [0.1, 0.15) is 0 Å². The van der Waals surface area contributed by atoms with Crippen LogP contribution >= 0.6 is 0 Å². The van der Waals surface area contributed by atoms with E-state index < -0.39 is 0 Å². The monoisotopic (exact) mass is 208 g/mol. The highest BCUT2D eigenvalue weighted by atomic mass is 16.3. The summed E-state index contributed by atoms with van der Waals surface area (Å²) in [5, 5.41) is 8.92. The Morgan fingerprint density at radius 2 is 2.13 bits per heavy atom. The predicted octanol–water partition coefficient (Wildman–Crippen LogP) is 1.59. The summed E-state index contributed by atoms with van der Waals surface area (Å²) < 4.78 is 0. The molecular formula is C12H20N2O. The molecule has 1 heterocycles. The Hall–Kier alpha value is -0.930. The van der Waals surface area contributed by atoms with E-state index in [9.17, 15) is 0 Å². The minimum atomic E-state index is 0.214. The Morgan fingerprint density at radius 3 is 2.67 bits per heavy atom. The van der Waals surface area contributed by atoms with Gasteiger partial charge in [-0.05, 0) is 31.5 Å². The molecule has 0 aliphatic heterocycles. The third kappa shape index (κ3) is 4.40. The first-order valence-corrected chi connectivity index (χ1v) is 5.51. The van der Waals surface area contributed by atoms with Gasteiger partial charge in [0.25, 0.3) is 0 Å². The standard InChI is InChI=1S/C12H20N2O/c1-3-6-14(7-8-15)10-12-5-4-11(2)9-13-12/h4-5,9,15H,3,6-8,10H2,1-2H3. The highest BCUT2D eigenvalue weighted by Crippen LogP contribution is 2.03. The average molecular weight is 208 g/mol. The minimum Gasteiger partial charge on any atom is -0.395 e. The lowest BCUT2D eigenvalue weighted by Crippen LogP contribution is -2.27. The zero-order valence-electron chi connectivity index (χ0n) is 9.61. The van der Waals surface area contributed by atoms with Gasteiger partial charge < -0.3 is 5.11 Å². The van der Waals surface area contributed by atoms with E-state index in [1.165, 1.54) is 5.56 Å². The molecule has 0 unspecified atom stereocenters. The van der Waals surface area contributed by atoms with Gasteiger partial charge in [-0.2, -0.15) is 0 Å². The van der Waals surface area contributed by atoms with Gasteiger partial charge in [0, 0.05) is 19.3 Å². The first-order valence-electron chi connectivity index (χ1n) is 5.51. The summed E-state index contributed by atoms with van der Waals surface area (Å²) in [5.74, 6) is 0. The van der Waals surface area contributed by atoms with E-state index in [2.05, 4.69) is 28.9 Å². The smallest absolute Gasteiger partial charge is 0.0558 e. The molecule has 0 fully saturated rings. The molecule has 0 saturated heterocycles. The number of aliphatic hydroxyl groups is 1. The summed E-state index contributed by atoms with van der Waals surface area (Å²) >= 11 is 0. The van der Waals surface area contributed by atoms with Crippen molar-refractivity contribution in [2.24, 2.45) is 0 Å². The van der Waals surface area contributed by atoms with E-state index in [1.807, 2.05) is 13.1 Å². The predicted molar refractivity (Wildman–Crippen MR) is 61.6 cm³/mol. The normalized spacial score (nSPS) is 10.9. The summed E-state index contributed by atoms with van der Waals surface area (Å²) in [6, 6.07) is 4.13. The van der Waals surface area contributed by atoms with Crippen LogP contribution in [0, 0.1) is 6.92 Å². The van der Waals surface area contributed by atoms with Gasteiger partial charge in [-0.1, -0.05) is 13.0 Å². The van der Waals surface area contributed by atoms with E-state index in [4.69, 9.17) is 5.11 Å². The maximum Gasteiger partial charge on any atom is 0.0558 e. The number of aliphatic hydroxyl groups excluding tert-OH is 1. The molecule has 0 radical (unpaired) electrons. The highest BCUT2D eigenvalue weighted by molar-refractivity contribution is 5.12. The lowest BCUT2D eigenvalue weighted by atomic mass is 10.2.